The Labute approximate surface area is 195 Å². The Balaban J connectivity index is 1.51. The van der Waals surface area contributed by atoms with Gasteiger partial charge in [0, 0.05) is 66.2 Å². The molecule has 34 heavy (non-hydrogen) atoms. The van der Waals surface area contributed by atoms with Crippen molar-refractivity contribution >= 4 is 55.0 Å². The van der Waals surface area contributed by atoms with Crippen LogP contribution in [-0.2, 0) is 0 Å². The van der Waals surface area contributed by atoms with E-state index in [2.05, 4.69) is 88.8 Å². The maximum Gasteiger partial charge on any atom is 0.0545 e. The van der Waals surface area contributed by atoms with Crippen molar-refractivity contribution in [2.75, 3.05) is 11.5 Å². The summed E-state index contributed by atoms with van der Waals surface area (Å²) in [4.78, 5) is 7.20. The Morgan fingerprint density at radius 2 is 0.853 bits per heavy atom. The van der Waals surface area contributed by atoms with Gasteiger partial charge in [-0.25, -0.2) is 0 Å². The standard InChI is InChI=1S/C30H22N4/c31-25-16-26(32)24(22-12-6-10-20-18-8-2-4-14-28(18)34-30(20)22)15-23(25)21-11-5-9-19-17-7-1-3-13-27(17)33-29(19)21/h1-16,33-34H,31-32H2. The van der Waals surface area contributed by atoms with Gasteiger partial charge in [-0.3, -0.25) is 0 Å². The summed E-state index contributed by atoms with van der Waals surface area (Å²) < 4.78 is 0. The highest BCUT2D eigenvalue weighted by atomic mass is 14.7. The maximum atomic E-state index is 6.56. The van der Waals surface area contributed by atoms with E-state index in [1.165, 1.54) is 21.5 Å². The van der Waals surface area contributed by atoms with Crippen LogP contribution in [0.5, 0.6) is 0 Å². The third kappa shape index (κ3) is 2.60. The van der Waals surface area contributed by atoms with Crippen LogP contribution in [-0.4, -0.2) is 9.97 Å². The molecule has 0 aliphatic heterocycles. The second kappa shape index (κ2) is 6.90. The van der Waals surface area contributed by atoms with E-state index in [1.807, 2.05) is 18.2 Å². The van der Waals surface area contributed by atoms with Crippen LogP contribution in [0.3, 0.4) is 0 Å². The first-order valence-electron chi connectivity index (χ1n) is 11.4. The summed E-state index contributed by atoms with van der Waals surface area (Å²) in [5, 5.41) is 4.78. The first-order chi connectivity index (χ1) is 16.7. The number of nitrogens with one attached hydrogen (secondary N) is 2. The van der Waals surface area contributed by atoms with Gasteiger partial charge < -0.3 is 21.4 Å². The zero-order valence-electron chi connectivity index (χ0n) is 18.4. The molecule has 4 heteroatoms. The Morgan fingerprint density at radius 1 is 0.412 bits per heavy atom. The number of hydrogen-bond acceptors (Lipinski definition) is 2. The van der Waals surface area contributed by atoms with Gasteiger partial charge in [0.25, 0.3) is 0 Å². The number of nitrogen functional groups attached to an aromatic ring is 2. The average Bonchev–Trinajstić information content (AvgIpc) is 3.43. The number of benzene rings is 5. The topological polar surface area (TPSA) is 83.6 Å². The number of H-pyrrole nitrogens is 2. The van der Waals surface area contributed by atoms with Gasteiger partial charge in [0.15, 0.2) is 0 Å². The Bertz CT molecular complexity index is 1750. The van der Waals surface area contributed by atoms with E-state index in [0.29, 0.717) is 11.4 Å². The Morgan fingerprint density at radius 3 is 1.35 bits per heavy atom. The summed E-state index contributed by atoms with van der Waals surface area (Å²) in [7, 11) is 0. The number of fused-ring (bicyclic) bond motifs is 6. The van der Waals surface area contributed by atoms with Gasteiger partial charge in [-0.2, -0.15) is 0 Å². The highest BCUT2D eigenvalue weighted by Crippen LogP contribution is 2.42. The molecule has 0 amide bonds. The second-order valence-electron chi connectivity index (χ2n) is 8.82. The summed E-state index contributed by atoms with van der Waals surface area (Å²) in [6.07, 6.45) is 0. The van der Waals surface area contributed by atoms with Crippen molar-refractivity contribution in [3.63, 3.8) is 0 Å². The van der Waals surface area contributed by atoms with Crippen LogP contribution >= 0.6 is 0 Å². The molecule has 0 saturated carbocycles. The number of aromatic amines is 2. The third-order valence-corrected chi connectivity index (χ3v) is 6.88. The van der Waals surface area contributed by atoms with Crippen molar-refractivity contribution in [1.29, 1.82) is 0 Å². The molecule has 2 aromatic heterocycles. The van der Waals surface area contributed by atoms with Gasteiger partial charge in [0.2, 0.25) is 0 Å². The molecule has 0 fully saturated rings. The number of aromatic nitrogens is 2. The lowest BCUT2D eigenvalue weighted by Crippen LogP contribution is -1.97. The molecule has 0 unspecified atom stereocenters. The van der Waals surface area contributed by atoms with Crippen LogP contribution in [0.2, 0.25) is 0 Å². The summed E-state index contributed by atoms with van der Waals surface area (Å²) >= 11 is 0. The van der Waals surface area contributed by atoms with Crippen molar-refractivity contribution in [1.82, 2.24) is 9.97 Å². The Hall–Kier alpha value is -4.70. The molecule has 0 aliphatic carbocycles. The lowest BCUT2D eigenvalue weighted by Gasteiger charge is -2.14. The van der Waals surface area contributed by atoms with Gasteiger partial charge in [0.1, 0.15) is 0 Å². The molecule has 4 nitrogen and oxygen atoms in total. The predicted octanol–water partition coefficient (Wildman–Crippen LogP) is 7.45. The van der Waals surface area contributed by atoms with Crippen molar-refractivity contribution in [2.24, 2.45) is 0 Å². The fourth-order valence-corrected chi connectivity index (χ4v) is 5.30. The van der Waals surface area contributed by atoms with Gasteiger partial charge >= 0.3 is 0 Å². The lowest BCUT2D eigenvalue weighted by molar-refractivity contribution is 1.52. The van der Waals surface area contributed by atoms with Gasteiger partial charge in [-0.15, -0.1) is 0 Å². The van der Waals surface area contributed by atoms with E-state index in [9.17, 15) is 0 Å². The number of para-hydroxylation sites is 4. The molecule has 6 N–H and O–H groups in total. The van der Waals surface area contributed by atoms with Crippen LogP contribution in [0.15, 0.2) is 97.1 Å². The van der Waals surface area contributed by atoms with E-state index in [4.69, 9.17) is 11.5 Å². The van der Waals surface area contributed by atoms with Gasteiger partial charge in [-0.1, -0.05) is 72.8 Å². The van der Waals surface area contributed by atoms with Crippen molar-refractivity contribution in [2.45, 2.75) is 0 Å². The zero-order chi connectivity index (χ0) is 22.8. The molecule has 0 atom stereocenters. The molecule has 7 aromatic rings. The molecule has 0 bridgehead atoms. The molecular weight excluding hydrogens is 416 g/mol. The minimum Gasteiger partial charge on any atom is -0.398 e. The normalized spacial score (nSPS) is 11.8. The summed E-state index contributed by atoms with van der Waals surface area (Å²) in [5.74, 6) is 0. The smallest absolute Gasteiger partial charge is 0.0545 e. The molecule has 162 valence electrons. The maximum absolute atomic E-state index is 6.56. The number of anilines is 2. The van der Waals surface area contributed by atoms with Crippen LogP contribution in [0.4, 0.5) is 11.4 Å². The first-order valence-corrected chi connectivity index (χ1v) is 11.4. The lowest BCUT2D eigenvalue weighted by atomic mass is 9.93. The van der Waals surface area contributed by atoms with E-state index in [1.54, 1.807) is 0 Å². The van der Waals surface area contributed by atoms with Gasteiger partial charge in [0.05, 0.1) is 11.0 Å². The van der Waals surface area contributed by atoms with Crippen molar-refractivity contribution in [3.8, 4) is 22.3 Å². The van der Waals surface area contributed by atoms with E-state index >= 15 is 0 Å². The molecule has 0 aliphatic rings. The van der Waals surface area contributed by atoms with Crippen molar-refractivity contribution < 1.29 is 0 Å². The highest BCUT2D eigenvalue weighted by molar-refractivity contribution is 6.15. The first kappa shape index (κ1) is 18.8. The monoisotopic (exact) mass is 438 g/mol. The summed E-state index contributed by atoms with van der Waals surface area (Å²) in [6.45, 7) is 0. The van der Waals surface area contributed by atoms with E-state index in [-0.39, 0.29) is 0 Å². The van der Waals surface area contributed by atoms with Crippen LogP contribution in [0, 0.1) is 0 Å². The van der Waals surface area contributed by atoms with Crippen molar-refractivity contribution in [3.05, 3.63) is 97.1 Å². The van der Waals surface area contributed by atoms with E-state index < -0.39 is 0 Å². The SMILES string of the molecule is Nc1cc(N)c(-c2cccc3c2[nH]c2ccccc23)cc1-c1cccc2c1[nH]c1ccccc12. The quantitative estimate of drug-likeness (QED) is 0.211. The minimum absolute atomic E-state index is 0.663. The molecule has 0 saturated heterocycles. The van der Waals surface area contributed by atoms with E-state index in [0.717, 1.165) is 44.3 Å². The molecule has 2 heterocycles. The third-order valence-electron chi connectivity index (χ3n) is 6.88. The van der Waals surface area contributed by atoms with Crippen LogP contribution < -0.4 is 11.5 Å². The number of hydrogen-bond donors (Lipinski definition) is 4. The number of nitrogens with two attached hydrogens (primary N) is 2. The second-order valence-corrected chi connectivity index (χ2v) is 8.82. The molecule has 0 radical (unpaired) electrons. The number of rotatable bonds is 2. The zero-order valence-corrected chi connectivity index (χ0v) is 18.4. The molecular formula is C30H22N4. The van der Waals surface area contributed by atoms with Crippen LogP contribution in [0.1, 0.15) is 0 Å². The molecule has 0 spiro atoms. The average molecular weight is 439 g/mol. The fourth-order valence-electron chi connectivity index (χ4n) is 5.30. The summed E-state index contributed by atoms with van der Waals surface area (Å²) in [5.41, 5.74) is 22.9. The predicted molar refractivity (Wildman–Crippen MR) is 145 cm³/mol. The highest BCUT2D eigenvalue weighted by Gasteiger charge is 2.17. The van der Waals surface area contributed by atoms with Crippen LogP contribution in [0.25, 0.3) is 65.9 Å². The molecule has 5 aromatic carbocycles. The summed E-state index contributed by atoms with van der Waals surface area (Å²) in [6, 6.07) is 33.5. The largest absolute Gasteiger partial charge is 0.398 e. The van der Waals surface area contributed by atoms with Gasteiger partial charge in [-0.05, 0) is 24.3 Å². The molecule has 7 rings (SSSR count). The fraction of sp³-hybridized carbons (Fsp3) is 0. The minimum atomic E-state index is 0.663. The Kier molecular flexibility index (Phi) is 3.82.